The molecule has 4 rings (SSSR count). The molecule has 11 nitrogen and oxygen atoms in total. The van der Waals surface area contributed by atoms with Crippen LogP contribution in [-0.2, 0) is 24.4 Å². The van der Waals surface area contributed by atoms with Gasteiger partial charge in [-0.15, -0.1) is 0 Å². The normalized spacial score (nSPS) is 22.8. The molecule has 18 heteroatoms. The Hall–Kier alpha value is -2.99. The predicted octanol–water partition coefficient (Wildman–Crippen LogP) is 1.56. The molecule has 214 valence electrons. The molecule has 1 unspecified atom stereocenters. The van der Waals surface area contributed by atoms with Crippen molar-refractivity contribution in [3.8, 4) is 0 Å². The van der Waals surface area contributed by atoms with E-state index in [2.05, 4.69) is 4.98 Å². The second-order valence-electron chi connectivity index (χ2n) is 8.71. The zero-order valence-corrected chi connectivity index (χ0v) is 20.6. The van der Waals surface area contributed by atoms with Crippen LogP contribution in [-0.4, -0.2) is 107 Å². The summed E-state index contributed by atoms with van der Waals surface area (Å²) < 4.78 is 90.2. The number of carboxylic acids is 2. The van der Waals surface area contributed by atoms with Crippen LogP contribution in [0.25, 0.3) is 0 Å². The molecule has 3 fully saturated rings. The predicted molar refractivity (Wildman–Crippen MR) is 117 cm³/mol. The summed E-state index contributed by atoms with van der Waals surface area (Å²) in [7, 11) is -1.25. The van der Waals surface area contributed by atoms with Crippen molar-refractivity contribution in [1.29, 1.82) is 0 Å². The second kappa shape index (κ2) is 11.4. The summed E-state index contributed by atoms with van der Waals surface area (Å²) in [5.41, 5.74) is 0.463. The lowest BCUT2D eigenvalue weighted by molar-refractivity contribution is -0.193. The van der Waals surface area contributed by atoms with Crippen LogP contribution in [0.2, 0.25) is 0 Å². The van der Waals surface area contributed by atoms with E-state index in [0.717, 1.165) is 24.9 Å². The van der Waals surface area contributed by atoms with E-state index in [1.54, 1.807) is 21.6 Å². The van der Waals surface area contributed by atoms with Gasteiger partial charge in [0.1, 0.15) is 0 Å². The van der Waals surface area contributed by atoms with Gasteiger partial charge in [0.05, 0.1) is 29.2 Å². The summed E-state index contributed by atoms with van der Waals surface area (Å²) in [5.74, 6) is -5.49. The SMILES string of the molecule is CN1CC(=O)N(c2cccnc2)CC12CCN(S(=O)(=O)C1CC1)C2.O=C(O)C(F)(F)F.O=C(O)C(F)(F)F. The van der Waals surface area contributed by atoms with E-state index < -0.39 is 34.3 Å². The van der Waals surface area contributed by atoms with Crippen LogP contribution in [0.4, 0.5) is 32.0 Å². The number of pyridine rings is 1. The smallest absolute Gasteiger partial charge is 0.475 e. The van der Waals surface area contributed by atoms with E-state index in [4.69, 9.17) is 19.8 Å². The van der Waals surface area contributed by atoms with E-state index in [-0.39, 0.29) is 16.7 Å². The molecule has 2 N–H and O–H groups in total. The molecule has 1 aromatic heterocycles. The highest BCUT2D eigenvalue weighted by Crippen LogP contribution is 2.38. The van der Waals surface area contributed by atoms with Crippen LogP contribution in [0.3, 0.4) is 0 Å². The molecule has 2 aliphatic heterocycles. The first-order chi connectivity index (χ1) is 17.3. The number of carbonyl (C=O) groups is 3. The molecule has 0 radical (unpaired) electrons. The highest BCUT2D eigenvalue weighted by atomic mass is 32.2. The van der Waals surface area contributed by atoms with Gasteiger partial charge in [-0.05, 0) is 38.4 Å². The molecule has 1 spiro atoms. The van der Waals surface area contributed by atoms with Crippen molar-refractivity contribution in [3.63, 3.8) is 0 Å². The fourth-order valence-corrected chi connectivity index (χ4v) is 5.68. The standard InChI is InChI=1S/C16H22N4O3S.2C2HF3O2/c1-18-10-15(21)20(13-3-2-7-17-9-13)12-16(18)6-8-19(11-16)24(22,23)14-4-5-14;2*3-2(4,5)1(6)7/h2-3,7,9,14H,4-6,8,10-12H2,1H3;2*(H,6,7). The van der Waals surface area contributed by atoms with Crippen LogP contribution >= 0.6 is 0 Å². The molecule has 1 amide bonds. The molecule has 0 bridgehead atoms. The van der Waals surface area contributed by atoms with Crippen LogP contribution in [0, 0.1) is 0 Å². The maximum atomic E-state index is 12.6. The molecule has 2 saturated heterocycles. The molecule has 1 aromatic rings. The minimum atomic E-state index is -5.08. The molecule has 1 aliphatic carbocycles. The molecule has 1 atom stereocenters. The first-order valence-electron chi connectivity index (χ1n) is 10.8. The Balaban J connectivity index is 0.000000301. The van der Waals surface area contributed by atoms with Crippen molar-refractivity contribution in [2.75, 3.05) is 38.1 Å². The number of halogens is 6. The summed E-state index contributed by atoms with van der Waals surface area (Å²) in [6.07, 6.45) is -4.49. The molecule has 3 heterocycles. The van der Waals surface area contributed by atoms with E-state index in [0.29, 0.717) is 26.2 Å². The molecule has 3 aliphatic rings. The second-order valence-corrected chi connectivity index (χ2v) is 10.9. The number of nitrogens with zero attached hydrogens (tertiary/aromatic N) is 4. The topological polar surface area (TPSA) is 148 Å². The number of rotatable bonds is 3. The van der Waals surface area contributed by atoms with Crippen molar-refractivity contribution in [2.45, 2.75) is 42.4 Å². The Labute approximate surface area is 212 Å². The molecule has 38 heavy (non-hydrogen) atoms. The Kier molecular flexibility index (Phi) is 9.37. The number of piperazine rings is 1. The summed E-state index contributed by atoms with van der Waals surface area (Å²) in [4.78, 5) is 38.1. The highest BCUT2D eigenvalue weighted by molar-refractivity contribution is 7.90. The van der Waals surface area contributed by atoms with Gasteiger partial charge in [0.2, 0.25) is 15.9 Å². The highest BCUT2D eigenvalue weighted by Gasteiger charge is 2.52. The third kappa shape index (κ3) is 7.76. The van der Waals surface area contributed by atoms with Crippen molar-refractivity contribution < 1.29 is 59.4 Å². The lowest BCUT2D eigenvalue weighted by atomic mass is 9.93. The maximum Gasteiger partial charge on any atom is 0.490 e. The van der Waals surface area contributed by atoms with Crippen LogP contribution in [0.1, 0.15) is 19.3 Å². The summed E-state index contributed by atoms with van der Waals surface area (Å²) in [6, 6.07) is 3.68. The number of anilines is 1. The average molecular weight is 578 g/mol. The van der Waals surface area contributed by atoms with Gasteiger partial charge >= 0.3 is 24.3 Å². The van der Waals surface area contributed by atoms with Gasteiger partial charge in [-0.25, -0.2) is 18.0 Å². The van der Waals surface area contributed by atoms with Gasteiger partial charge in [0.15, 0.2) is 0 Å². The Bertz CT molecular complexity index is 1100. The lowest BCUT2D eigenvalue weighted by Gasteiger charge is -2.46. The lowest BCUT2D eigenvalue weighted by Crippen LogP contribution is -2.64. The van der Waals surface area contributed by atoms with Gasteiger partial charge in [-0.2, -0.15) is 30.6 Å². The van der Waals surface area contributed by atoms with Crippen molar-refractivity contribution in [1.82, 2.24) is 14.2 Å². The zero-order chi connectivity index (χ0) is 29.1. The maximum absolute atomic E-state index is 12.6. The number of sulfonamides is 1. The van der Waals surface area contributed by atoms with Gasteiger partial charge in [0.25, 0.3) is 0 Å². The van der Waals surface area contributed by atoms with Crippen molar-refractivity contribution >= 4 is 33.6 Å². The van der Waals surface area contributed by atoms with Crippen LogP contribution < -0.4 is 4.90 Å². The van der Waals surface area contributed by atoms with Gasteiger partial charge < -0.3 is 15.1 Å². The summed E-state index contributed by atoms with van der Waals surface area (Å²) >= 11 is 0. The van der Waals surface area contributed by atoms with E-state index in [9.17, 15) is 39.6 Å². The number of carboxylic acid groups (broad SMARTS) is 2. The van der Waals surface area contributed by atoms with Crippen molar-refractivity contribution in [3.05, 3.63) is 24.5 Å². The largest absolute Gasteiger partial charge is 0.490 e. The first-order valence-corrected chi connectivity index (χ1v) is 12.3. The Morgan fingerprint density at radius 2 is 1.58 bits per heavy atom. The van der Waals surface area contributed by atoms with E-state index in [1.807, 2.05) is 24.1 Å². The minimum absolute atomic E-state index is 0.0274. The minimum Gasteiger partial charge on any atom is -0.475 e. The van der Waals surface area contributed by atoms with Crippen molar-refractivity contribution in [2.24, 2.45) is 0 Å². The summed E-state index contributed by atoms with van der Waals surface area (Å²) in [6.45, 7) is 1.81. The number of aromatic nitrogens is 1. The fourth-order valence-electron chi connectivity index (χ4n) is 3.76. The number of aliphatic carboxylic acids is 2. The first kappa shape index (κ1) is 31.2. The third-order valence-corrected chi connectivity index (χ3v) is 8.33. The van der Waals surface area contributed by atoms with Gasteiger partial charge in [0, 0.05) is 25.8 Å². The van der Waals surface area contributed by atoms with E-state index in [1.165, 1.54) is 0 Å². The molecular weight excluding hydrogens is 554 g/mol. The number of hydrogen-bond acceptors (Lipinski definition) is 7. The Morgan fingerprint density at radius 1 is 1.05 bits per heavy atom. The fraction of sp³-hybridized carbons (Fsp3) is 0.600. The average Bonchev–Trinajstić information content (AvgIpc) is 3.57. The monoisotopic (exact) mass is 578 g/mol. The van der Waals surface area contributed by atoms with Gasteiger partial charge in [-0.1, -0.05) is 0 Å². The summed E-state index contributed by atoms with van der Waals surface area (Å²) in [5, 5.41) is 14.1. The van der Waals surface area contributed by atoms with Crippen LogP contribution in [0.15, 0.2) is 24.5 Å². The van der Waals surface area contributed by atoms with Crippen LogP contribution in [0.5, 0.6) is 0 Å². The molecule has 1 saturated carbocycles. The quantitative estimate of drug-likeness (QED) is 0.510. The number of likely N-dealkylation sites (N-methyl/N-ethyl adjacent to an activating group) is 1. The Morgan fingerprint density at radius 3 is 2.00 bits per heavy atom. The number of amides is 1. The van der Waals surface area contributed by atoms with E-state index >= 15 is 0 Å². The number of carbonyl (C=O) groups excluding carboxylic acids is 1. The van der Waals surface area contributed by atoms with Gasteiger partial charge in [-0.3, -0.25) is 14.7 Å². The number of alkyl halides is 6. The number of hydrogen-bond donors (Lipinski definition) is 2. The molecular formula is C20H24F6N4O7S. The third-order valence-electron chi connectivity index (χ3n) is 5.98. The molecule has 0 aromatic carbocycles. The zero-order valence-electron chi connectivity index (χ0n) is 19.7.